The van der Waals surface area contributed by atoms with Crippen LogP contribution in [-0.4, -0.2) is 17.6 Å². The van der Waals surface area contributed by atoms with Gasteiger partial charge in [-0.05, 0) is 38.7 Å². The van der Waals surface area contributed by atoms with Crippen molar-refractivity contribution < 1.29 is 0 Å². The van der Waals surface area contributed by atoms with Crippen LogP contribution >= 0.6 is 0 Å². The second-order valence-electron chi connectivity index (χ2n) is 5.38. The topological polar surface area (TPSA) is 42.2 Å². The summed E-state index contributed by atoms with van der Waals surface area (Å²) in [7, 11) is 0. The van der Waals surface area contributed by atoms with Gasteiger partial charge in [0.15, 0.2) is 0 Å². The van der Waals surface area contributed by atoms with E-state index in [-0.39, 0.29) is 6.04 Å². The number of nitrogens with zero attached hydrogens (tertiary/aromatic N) is 2. The normalized spacial score (nSPS) is 26.9. The largest absolute Gasteiger partial charge is 0.354 e. The van der Waals surface area contributed by atoms with Gasteiger partial charge in [-0.2, -0.15) is 0 Å². The summed E-state index contributed by atoms with van der Waals surface area (Å²) < 4.78 is 0. The van der Waals surface area contributed by atoms with E-state index in [4.69, 9.17) is 5.73 Å². The first-order valence-electron chi connectivity index (χ1n) is 6.56. The lowest BCUT2D eigenvalue weighted by Crippen LogP contribution is -2.41. The molecule has 3 atom stereocenters. The predicted octanol–water partition coefficient (Wildman–Crippen LogP) is 2.73. The van der Waals surface area contributed by atoms with E-state index in [2.05, 4.69) is 29.8 Å². The van der Waals surface area contributed by atoms with E-state index in [1.807, 2.05) is 19.2 Å². The van der Waals surface area contributed by atoms with Crippen LogP contribution in [-0.2, 0) is 0 Å². The Bertz CT molecular complexity index is 375. The van der Waals surface area contributed by atoms with Crippen molar-refractivity contribution in [3.8, 4) is 0 Å². The Morgan fingerprint density at radius 3 is 2.88 bits per heavy atom. The highest BCUT2D eigenvalue weighted by atomic mass is 15.2. The van der Waals surface area contributed by atoms with E-state index in [0.717, 1.165) is 23.8 Å². The zero-order chi connectivity index (χ0) is 12.4. The van der Waals surface area contributed by atoms with Gasteiger partial charge in [0.25, 0.3) is 0 Å². The minimum absolute atomic E-state index is 0.0465. The first kappa shape index (κ1) is 12.4. The molecule has 3 heteroatoms. The summed E-state index contributed by atoms with van der Waals surface area (Å²) in [5.41, 5.74) is 7.19. The second-order valence-corrected chi connectivity index (χ2v) is 5.38. The Labute approximate surface area is 104 Å². The summed E-state index contributed by atoms with van der Waals surface area (Å²) in [5, 5.41) is 0. The van der Waals surface area contributed by atoms with Gasteiger partial charge in [0.2, 0.25) is 0 Å². The summed E-state index contributed by atoms with van der Waals surface area (Å²) >= 11 is 0. The molecule has 0 aromatic carbocycles. The molecule has 17 heavy (non-hydrogen) atoms. The maximum atomic E-state index is 6.03. The van der Waals surface area contributed by atoms with Crippen molar-refractivity contribution in [2.75, 3.05) is 11.4 Å². The average Bonchev–Trinajstić information content (AvgIpc) is 2.29. The molecule has 1 saturated heterocycles. The molecule has 2 unspecified atom stereocenters. The van der Waals surface area contributed by atoms with Crippen molar-refractivity contribution in [1.29, 1.82) is 0 Å². The van der Waals surface area contributed by atoms with Gasteiger partial charge in [0.1, 0.15) is 5.82 Å². The zero-order valence-electron chi connectivity index (χ0n) is 11.1. The lowest BCUT2D eigenvalue weighted by Gasteiger charge is -2.38. The molecule has 2 rings (SSSR count). The number of hydrogen-bond acceptors (Lipinski definition) is 3. The van der Waals surface area contributed by atoms with Crippen LogP contribution in [0.15, 0.2) is 18.3 Å². The maximum absolute atomic E-state index is 6.03. The number of anilines is 1. The lowest BCUT2D eigenvalue weighted by molar-refractivity contribution is 0.375. The predicted molar refractivity (Wildman–Crippen MR) is 72.0 cm³/mol. The Hall–Kier alpha value is -1.09. The van der Waals surface area contributed by atoms with Crippen LogP contribution in [0.3, 0.4) is 0 Å². The molecular formula is C14H23N3. The number of aromatic nitrogens is 1. The Kier molecular flexibility index (Phi) is 3.67. The van der Waals surface area contributed by atoms with Crippen LogP contribution in [0.25, 0.3) is 0 Å². The Morgan fingerprint density at radius 1 is 1.47 bits per heavy atom. The van der Waals surface area contributed by atoms with E-state index in [9.17, 15) is 0 Å². The Morgan fingerprint density at radius 2 is 2.24 bits per heavy atom. The third-order valence-electron chi connectivity index (χ3n) is 3.72. The van der Waals surface area contributed by atoms with E-state index < -0.39 is 0 Å². The molecule has 0 aliphatic carbocycles. The molecule has 3 nitrogen and oxygen atoms in total. The SMILES string of the molecule is CC1CCN(c2ncccc2[C@H](C)N)C(C)C1. The quantitative estimate of drug-likeness (QED) is 0.854. The smallest absolute Gasteiger partial charge is 0.133 e. The minimum Gasteiger partial charge on any atom is -0.354 e. The fourth-order valence-corrected chi connectivity index (χ4v) is 2.73. The Balaban J connectivity index is 2.27. The fraction of sp³-hybridized carbons (Fsp3) is 0.643. The standard InChI is InChI=1S/C14H23N3/c1-10-6-8-17(11(2)9-10)14-13(12(3)15)5-4-7-16-14/h4-5,7,10-12H,6,8-9,15H2,1-3H3/t10?,11?,12-/m0/s1. The van der Waals surface area contributed by atoms with E-state index in [1.54, 1.807) is 0 Å². The molecule has 0 saturated carbocycles. The molecule has 0 spiro atoms. The van der Waals surface area contributed by atoms with Crippen LogP contribution in [0.2, 0.25) is 0 Å². The number of nitrogens with two attached hydrogens (primary N) is 1. The molecule has 1 aliphatic rings. The van der Waals surface area contributed by atoms with Gasteiger partial charge in [-0.15, -0.1) is 0 Å². The summed E-state index contributed by atoms with van der Waals surface area (Å²) in [6, 6.07) is 4.67. The number of rotatable bonds is 2. The van der Waals surface area contributed by atoms with Crippen LogP contribution in [0.4, 0.5) is 5.82 Å². The maximum Gasteiger partial charge on any atom is 0.133 e. The van der Waals surface area contributed by atoms with E-state index >= 15 is 0 Å². The summed E-state index contributed by atoms with van der Waals surface area (Å²) in [4.78, 5) is 6.96. The van der Waals surface area contributed by atoms with Crippen LogP contribution in [0, 0.1) is 5.92 Å². The number of hydrogen-bond donors (Lipinski definition) is 1. The number of piperidine rings is 1. The molecule has 1 fully saturated rings. The van der Waals surface area contributed by atoms with Crippen molar-refractivity contribution in [2.45, 2.75) is 45.7 Å². The first-order chi connectivity index (χ1) is 8.09. The van der Waals surface area contributed by atoms with Gasteiger partial charge in [-0.25, -0.2) is 4.98 Å². The highest BCUT2D eigenvalue weighted by Gasteiger charge is 2.25. The fourth-order valence-electron chi connectivity index (χ4n) is 2.73. The third-order valence-corrected chi connectivity index (χ3v) is 3.72. The average molecular weight is 233 g/mol. The number of pyridine rings is 1. The van der Waals surface area contributed by atoms with Gasteiger partial charge in [-0.1, -0.05) is 13.0 Å². The third kappa shape index (κ3) is 2.60. The lowest BCUT2D eigenvalue weighted by atomic mass is 9.93. The van der Waals surface area contributed by atoms with E-state index in [0.29, 0.717) is 6.04 Å². The molecule has 94 valence electrons. The molecular weight excluding hydrogens is 210 g/mol. The minimum atomic E-state index is 0.0465. The van der Waals surface area contributed by atoms with Gasteiger partial charge in [-0.3, -0.25) is 0 Å². The van der Waals surface area contributed by atoms with Gasteiger partial charge >= 0.3 is 0 Å². The molecule has 0 bridgehead atoms. The summed E-state index contributed by atoms with van der Waals surface area (Å²) in [5.74, 6) is 1.91. The molecule has 1 aromatic rings. The van der Waals surface area contributed by atoms with Crippen molar-refractivity contribution in [2.24, 2.45) is 11.7 Å². The van der Waals surface area contributed by atoms with Gasteiger partial charge in [0.05, 0.1) is 0 Å². The molecule has 0 amide bonds. The zero-order valence-corrected chi connectivity index (χ0v) is 11.1. The molecule has 2 N–H and O–H groups in total. The molecule has 2 heterocycles. The van der Waals surface area contributed by atoms with Crippen LogP contribution in [0.5, 0.6) is 0 Å². The van der Waals surface area contributed by atoms with Crippen molar-refractivity contribution in [1.82, 2.24) is 4.98 Å². The van der Waals surface area contributed by atoms with Gasteiger partial charge in [0, 0.05) is 30.4 Å². The van der Waals surface area contributed by atoms with Crippen molar-refractivity contribution in [3.05, 3.63) is 23.9 Å². The molecule has 0 radical (unpaired) electrons. The van der Waals surface area contributed by atoms with Crippen LogP contribution < -0.4 is 10.6 Å². The van der Waals surface area contributed by atoms with Crippen LogP contribution in [0.1, 0.15) is 45.2 Å². The molecule has 1 aromatic heterocycles. The van der Waals surface area contributed by atoms with E-state index in [1.165, 1.54) is 12.8 Å². The first-order valence-corrected chi connectivity index (χ1v) is 6.56. The van der Waals surface area contributed by atoms with Crippen molar-refractivity contribution >= 4 is 5.82 Å². The monoisotopic (exact) mass is 233 g/mol. The summed E-state index contributed by atoms with van der Waals surface area (Å²) in [6.07, 6.45) is 4.36. The van der Waals surface area contributed by atoms with Crippen molar-refractivity contribution in [3.63, 3.8) is 0 Å². The summed E-state index contributed by atoms with van der Waals surface area (Å²) in [6.45, 7) is 7.74. The van der Waals surface area contributed by atoms with Gasteiger partial charge < -0.3 is 10.6 Å². The highest BCUT2D eigenvalue weighted by Crippen LogP contribution is 2.30. The second kappa shape index (κ2) is 5.05. The highest BCUT2D eigenvalue weighted by molar-refractivity contribution is 5.49. The molecule has 1 aliphatic heterocycles.